The number of nitrogens with zero attached hydrogens (tertiary/aromatic N) is 4. The Balaban J connectivity index is 1.73. The summed E-state index contributed by atoms with van der Waals surface area (Å²) in [6.45, 7) is 21.7. The monoisotopic (exact) mass is 1460 g/mol. The van der Waals surface area contributed by atoms with Crippen LogP contribution < -0.4 is 0 Å². The summed E-state index contributed by atoms with van der Waals surface area (Å²) in [5.41, 5.74) is -0.820. The van der Waals surface area contributed by atoms with Crippen LogP contribution in [0.4, 0.5) is 0 Å². The van der Waals surface area contributed by atoms with Gasteiger partial charge in [0.1, 0.15) is 61.7 Å². The third kappa shape index (κ3) is 34.5. The minimum Gasteiger partial charge on any atom is -0.398 e. The van der Waals surface area contributed by atoms with Crippen molar-refractivity contribution < 1.29 is 92.3 Å². The maximum Gasteiger partial charge on any atom is 0.335 e. The lowest BCUT2D eigenvalue weighted by atomic mass is 9.92. The molecule has 8 atom stereocenters. The second-order valence-electron chi connectivity index (χ2n) is 25.9. The molecule has 4 rings (SSSR count). The van der Waals surface area contributed by atoms with Crippen LogP contribution in [-0.2, 0) is 92.3 Å². The molecule has 8 radical (unpaired) electrons. The van der Waals surface area contributed by atoms with Gasteiger partial charge in [-0.05, 0) is 154 Å². The van der Waals surface area contributed by atoms with Gasteiger partial charge in [0.15, 0.2) is 0 Å². The van der Waals surface area contributed by atoms with Gasteiger partial charge in [-0.3, -0.25) is 0 Å². The summed E-state index contributed by atoms with van der Waals surface area (Å²) in [6.07, 6.45) is 7.19. The molecule has 0 N–H and O–H groups in total. The summed E-state index contributed by atoms with van der Waals surface area (Å²) in [7, 11) is 13.0. The van der Waals surface area contributed by atoms with E-state index in [-0.39, 0.29) is 74.5 Å². The Bertz CT molecular complexity index is 1610. The molecular formula is C61H128N4O20Si8. The van der Waals surface area contributed by atoms with E-state index in [1.54, 1.807) is 85.3 Å². The quantitative estimate of drug-likeness (QED) is 0.0412. The van der Waals surface area contributed by atoms with Crippen LogP contribution >= 0.6 is 0 Å². The van der Waals surface area contributed by atoms with E-state index in [1.165, 1.54) is 0 Å². The fourth-order valence-corrected chi connectivity index (χ4v) is 24.6. The molecule has 0 aliphatic carbocycles. The fourth-order valence-electron chi connectivity index (χ4n) is 12.6. The largest absolute Gasteiger partial charge is 0.398 e. The smallest absolute Gasteiger partial charge is 0.335 e. The van der Waals surface area contributed by atoms with E-state index < -0.39 is 39.7 Å². The summed E-state index contributed by atoms with van der Waals surface area (Å²) in [6, 6.07) is 7.63. The first-order valence-electron chi connectivity index (χ1n) is 34.1. The Labute approximate surface area is 577 Å². The van der Waals surface area contributed by atoms with Gasteiger partial charge in [0.2, 0.25) is 0 Å². The van der Waals surface area contributed by atoms with Crippen molar-refractivity contribution >= 4 is 72.3 Å². The molecule has 8 unspecified atom stereocenters. The zero-order valence-corrected chi connectivity index (χ0v) is 68.5. The van der Waals surface area contributed by atoms with Crippen LogP contribution in [-0.4, -0.2) is 357 Å². The molecule has 4 saturated heterocycles. The molecule has 0 aromatic rings. The van der Waals surface area contributed by atoms with Gasteiger partial charge in [-0.15, -0.1) is 0 Å². The zero-order chi connectivity index (χ0) is 67.9. The van der Waals surface area contributed by atoms with Gasteiger partial charge in [0.25, 0.3) is 0 Å². The van der Waals surface area contributed by atoms with Gasteiger partial charge in [0.05, 0.1) is 82.7 Å². The number of ether oxygens (including phenoxy) is 12. The van der Waals surface area contributed by atoms with Crippen molar-refractivity contribution in [3.05, 3.63) is 0 Å². The first kappa shape index (κ1) is 86.2. The van der Waals surface area contributed by atoms with Gasteiger partial charge in [-0.25, -0.2) is 0 Å². The Hall–Kier alpha value is 0.775. The molecule has 0 spiro atoms. The molecule has 4 heterocycles. The molecule has 0 saturated carbocycles. The Morgan fingerprint density at radius 2 is 0.548 bits per heavy atom. The number of hydrogen-bond acceptors (Lipinski definition) is 24. The predicted molar refractivity (Wildman–Crippen MR) is 375 cm³/mol. The zero-order valence-electron chi connectivity index (χ0n) is 60.5. The van der Waals surface area contributed by atoms with Crippen molar-refractivity contribution in [1.82, 2.24) is 19.6 Å². The van der Waals surface area contributed by atoms with Crippen LogP contribution in [0, 0.1) is 5.41 Å². The molecule has 544 valence electrons. The average molecular weight is 1460 g/mol. The van der Waals surface area contributed by atoms with Crippen molar-refractivity contribution in [2.75, 3.05) is 217 Å². The van der Waals surface area contributed by atoms with Crippen LogP contribution in [0.2, 0.25) is 74.5 Å². The number of methoxy groups -OCH3 is 8. The van der Waals surface area contributed by atoms with E-state index in [0.29, 0.717) is 64.5 Å². The third-order valence-corrected chi connectivity index (χ3v) is 35.7. The van der Waals surface area contributed by atoms with Crippen molar-refractivity contribution in [3.8, 4) is 0 Å². The average Bonchev–Trinajstić information content (AvgIpc) is 2.82. The summed E-state index contributed by atoms with van der Waals surface area (Å²) in [5.74, 6) is -0.716. The second-order valence-corrected chi connectivity index (χ2v) is 45.1. The summed E-state index contributed by atoms with van der Waals surface area (Å²) in [4.78, 5) is 10.1. The van der Waals surface area contributed by atoms with Gasteiger partial charge < -0.3 is 112 Å². The number of hydrogen-bond donors (Lipinski definition) is 0. The van der Waals surface area contributed by atoms with Crippen LogP contribution in [0.25, 0.3) is 0 Å². The highest BCUT2D eigenvalue weighted by Gasteiger charge is 2.42. The van der Waals surface area contributed by atoms with E-state index >= 15 is 0 Å². The normalized spacial score (nSPS) is 28.3. The number of rotatable bonds is 48. The van der Waals surface area contributed by atoms with E-state index in [2.05, 4.69) is 45.8 Å². The molecule has 0 bridgehead atoms. The molecule has 4 fully saturated rings. The Morgan fingerprint density at radius 3 is 0.731 bits per heavy atom. The second kappa shape index (κ2) is 48.6. The summed E-state index contributed by atoms with van der Waals surface area (Å²) in [5, 5.41) is 0. The minimum absolute atomic E-state index is 0.179. The van der Waals surface area contributed by atoms with Gasteiger partial charge >= 0.3 is 34.2 Å². The van der Waals surface area contributed by atoms with Crippen molar-refractivity contribution in [1.29, 1.82) is 0 Å². The SMILES string of the molecule is COC(OC)[Si]CCCN1CCC[Si](C)(OC)OC(COCC(COCC2CN(CCC[Si]C(OC)OC)CCC[Si](C)(OC)O2)(COCC2CN(CCC[Si]C(OC)OC)CCC[Si](C)(OC)O2)COCC2CN(CCC[Si]C(OC)OC)CCC[Si](C)(OC)O2)C1. The predicted octanol–water partition coefficient (Wildman–Crippen LogP) is 5.63. The molecule has 4 aliphatic rings. The van der Waals surface area contributed by atoms with Crippen molar-refractivity contribution in [2.24, 2.45) is 5.41 Å². The highest BCUT2D eigenvalue weighted by molar-refractivity contribution is 6.67. The van der Waals surface area contributed by atoms with Crippen molar-refractivity contribution in [3.63, 3.8) is 0 Å². The molecule has 0 aromatic heterocycles. The Morgan fingerprint density at radius 1 is 0.344 bits per heavy atom. The van der Waals surface area contributed by atoms with E-state index in [9.17, 15) is 0 Å². The minimum atomic E-state index is -2.53. The molecule has 32 heteroatoms. The van der Waals surface area contributed by atoms with E-state index in [0.717, 1.165) is 178 Å². The van der Waals surface area contributed by atoms with Gasteiger partial charge in [-0.1, -0.05) is 24.2 Å². The standard InChI is InChI=1S/C61H128N4O20Si8/c1-66-57(67-2)86-33-17-25-62-29-21-37-90(13,74-9)82-53(41-62)45-78-49-61(50-79-46-54-42-63(26-18-34-87-58(68-3)69-4)30-22-38-91(14,75-10)83-54,51-80-47-55-43-64(27-19-35-88-59(70-5)71-6)31-23-39-92(15,76-11)84-55)52-81-48-56-44-65(28-20-36-89-60(72-7)73-8)32-24-40-93(16,77-12)85-56/h53-60H,17-52H2,1-16H3. The fraction of sp³-hybridized carbons (Fsp3) is 1.00. The van der Waals surface area contributed by atoms with Gasteiger partial charge in [0, 0.05) is 111 Å². The summed E-state index contributed by atoms with van der Waals surface area (Å²) < 4.78 is 126. The molecule has 4 aliphatic heterocycles. The topological polar surface area (TPSA) is 198 Å². The first-order chi connectivity index (χ1) is 44.8. The highest BCUT2D eigenvalue weighted by atomic mass is 28.4. The molecule has 0 amide bonds. The molecular weight excluding hydrogens is 1330 g/mol. The first-order valence-corrected chi connectivity index (χ1v) is 49.4. The maximum atomic E-state index is 7.14. The van der Waals surface area contributed by atoms with E-state index in [4.69, 9.17) is 92.3 Å². The summed E-state index contributed by atoms with van der Waals surface area (Å²) >= 11 is 0. The van der Waals surface area contributed by atoms with Crippen LogP contribution in [0.5, 0.6) is 0 Å². The maximum absolute atomic E-state index is 7.14. The highest BCUT2D eigenvalue weighted by Crippen LogP contribution is 2.29. The molecule has 0 aromatic carbocycles. The lowest BCUT2D eigenvalue weighted by Crippen LogP contribution is -2.52. The van der Waals surface area contributed by atoms with Crippen LogP contribution in [0.1, 0.15) is 51.4 Å². The molecule has 93 heavy (non-hydrogen) atoms. The van der Waals surface area contributed by atoms with E-state index in [1.807, 2.05) is 0 Å². The van der Waals surface area contributed by atoms with Crippen LogP contribution in [0.3, 0.4) is 0 Å². The van der Waals surface area contributed by atoms with Gasteiger partial charge in [-0.2, -0.15) is 0 Å². The lowest BCUT2D eigenvalue weighted by molar-refractivity contribution is -0.134. The Kier molecular flexibility index (Phi) is 45.1. The van der Waals surface area contributed by atoms with Crippen molar-refractivity contribution in [2.45, 2.75) is 174 Å². The van der Waals surface area contributed by atoms with Crippen LogP contribution in [0.15, 0.2) is 0 Å². The molecule has 24 nitrogen and oxygen atoms in total. The third-order valence-electron chi connectivity index (χ3n) is 18.1. The lowest BCUT2D eigenvalue weighted by Gasteiger charge is -2.40.